The van der Waals surface area contributed by atoms with Crippen LogP contribution in [0.2, 0.25) is 10.0 Å². The number of anilines is 1. The van der Waals surface area contributed by atoms with Gasteiger partial charge in [0.2, 0.25) is 5.91 Å². The summed E-state index contributed by atoms with van der Waals surface area (Å²) in [6.07, 6.45) is -0.358. The van der Waals surface area contributed by atoms with Crippen molar-refractivity contribution in [1.29, 1.82) is 0 Å². The van der Waals surface area contributed by atoms with E-state index in [0.29, 0.717) is 27.2 Å². The third kappa shape index (κ3) is 5.16. The predicted octanol–water partition coefficient (Wildman–Crippen LogP) is 4.59. The summed E-state index contributed by atoms with van der Waals surface area (Å²) in [5.74, 6) is -0.660. The molecule has 23 heavy (non-hydrogen) atoms. The quantitative estimate of drug-likeness (QED) is 0.796. The number of carbonyl (C=O) groups is 2. The number of amides is 1. The second-order valence-electron chi connectivity index (χ2n) is 4.61. The SMILES string of the molecule is O=C(O)CCC(=O)Nc1ccccc1Oc1ccc(Cl)cc1Cl. The van der Waals surface area contributed by atoms with Gasteiger partial charge in [0.15, 0.2) is 5.75 Å². The number of carbonyl (C=O) groups excluding carboxylic acids is 1. The van der Waals surface area contributed by atoms with Gasteiger partial charge in [-0.2, -0.15) is 0 Å². The van der Waals surface area contributed by atoms with Gasteiger partial charge in [-0.3, -0.25) is 9.59 Å². The topological polar surface area (TPSA) is 75.6 Å². The molecule has 0 aliphatic heterocycles. The average molecular weight is 354 g/mol. The smallest absolute Gasteiger partial charge is 0.303 e. The highest BCUT2D eigenvalue weighted by Crippen LogP contribution is 2.34. The van der Waals surface area contributed by atoms with Gasteiger partial charge in [0.05, 0.1) is 17.1 Å². The Bertz CT molecular complexity index is 734. The number of carboxylic acid groups (broad SMARTS) is 1. The van der Waals surface area contributed by atoms with Crippen molar-refractivity contribution in [3.8, 4) is 11.5 Å². The van der Waals surface area contributed by atoms with Crippen LogP contribution in [0.3, 0.4) is 0 Å². The first-order valence-electron chi connectivity index (χ1n) is 6.69. The molecule has 0 spiro atoms. The molecule has 0 bridgehead atoms. The third-order valence-corrected chi connectivity index (χ3v) is 3.37. The first-order valence-corrected chi connectivity index (χ1v) is 7.45. The minimum atomic E-state index is -1.03. The zero-order valence-electron chi connectivity index (χ0n) is 11.9. The second kappa shape index (κ2) is 7.85. The Hall–Kier alpha value is -2.24. The van der Waals surface area contributed by atoms with Crippen LogP contribution in [-0.2, 0) is 9.59 Å². The van der Waals surface area contributed by atoms with Gasteiger partial charge >= 0.3 is 5.97 Å². The van der Waals surface area contributed by atoms with Gasteiger partial charge in [0.25, 0.3) is 0 Å². The largest absolute Gasteiger partial charge is 0.481 e. The number of para-hydroxylation sites is 2. The Balaban J connectivity index is 2.14. The number of nitrogens with one attached hydrogen (secondary N) is 1. The molecular weight excluding hydrogens is 341 g/mol. The van der Waals surface area contributed by atoms with E-state index >= 15 is 0 Å². The number of aliphatic carboxylic acids is 1. The van der Waals surface area contributed by atoms with E-state index in [2.05, 4.69) is 5.32 Å². The Morgan fingerprint density at radius 1 is 1.04 bits per heavy atom. The maximum absolute atomic E-state index is 11.8. The molecule has 2 rings (SSSR count). The molecular formula is C16H13Cl2NO4. The van der Waals surface area contributed by atoms with Crippen LogP contribution >= 0.6 is 23.2 Å². The molecule has 0 saturated carbocycles. The lowest BCUT2D eigenvalue weighted by Crippen LogP contribution is -2.13. The van der Waals surface area contributed by atoms with Crippen LogP contribution in [0.1, 0.15) is 12.8 Å². The Labute approximate surface area is 142 Å². The standard InChI is InChI=1S/C16H13Cl2NO4/c17-10-5-6-13(11(18)9-10)23-14-4-2-1-3-12(14)19-15(20)7-8-16(21)22/h1-6,9H,7-8H2,(H,19,20)(H,21,22). The molecule has 0 aromatic heterocycles. The molecule has 120 valence electrons. The fourth-order valence-corrected chi connectivity index (χ4v) is 2.22. The van der Waals surface area contributed by atoms with Crippen LogP contribution in [0, 0.1) is 0 Å². The number of rotatable bonds is 6. The Morgan fingerprint density at radius 2 is 1.78 bits per heavy atom. The maximum Gasteiger partial charge on any atom is 0.303 e. The van der Waals surface area contributed by atoms with Crippen LogP contribution in [0.4, 0.5) is 5.69 Å². The van der Waals surface area contributed by atoms with Crippen molar-refractivity contribution in [3.05, 3.63) is 52.5 Å². The van der Waals surface area contributed by atoms with Gasteiger partial charge in [0, 0.05) is 11.4 Å². The molecule has 1 amide bonds. The molecule has 2 aromatic rings. The molecule has 5 nitrogen and oxygen atoms in total. The second-order valence-corrected chi connectivity index (χ2v) is 5.46. The van der Waals surface area contributed by atoms with E-state index in [1.165, 1.54) is 0 Å². The van der Waals surface area contributed by atoms with Gasteiger partial charge in [0.1, 0.15) is 5.75 Å². The average Bonchev–Trinajstić information content (AvgIpc) is 2.50. The van der Waals surface area contributed by atoms with Crippen molar-refractivity contribution in [2.24, 2.45) is 0 Å². The highest BCUT2D eigenvalue weighted by atomic mass is 35.5. The van der Waals surface area contributed by atoms with Crippen LogP contribution in [0.5, 0.6) is 11.5 Å². The number of hydrogen-bond donors (Lipinski definition) is 2. The minimum Gasteiger partial charge on any atom is -0.481 e. The highest BCUT2D eigenvalue weighted by molar-refractivity contribution is 6.35. The van der Waals surface area contributed by atoms with Gasteiger partial charge in [-0.05, 0) is 30.3 Å². The number of ether oxygens (including phenoxy) is 1. The lowest BCUT2D eigenvalue weighted by molar-refractivity contribution is -0.138. The monoisotopic (exact) mass is 353 g/mol. The van der Waals surface area contributed by atoms with Gasteiger partial charge in [-0.1, -0.05) is 35.3 Å². The van der Waals surface area contributed by atoms with Crippen LogP contribution in [0.25, 0.3) is 0 Å². The first kappa shape index (κ1) is 17.1. The van der Waals surface area contributed by atoms with Crippen LogP contribution < -0.4 is 10.1 Å². The molecule has 2 N–H and O–H groups in total. The number of halogens is 2. The summed E-state index contributed by atoms with van der Waals surface area (Å²) in [4.78, 5) is 22.3. The molecule has 0 atom stereocenters. The fourth-order valence-electron chi connectivity index (χ4n) is 1.77. The van der Waals surface area contributed by atoms with Crippen molar-refractivity contribution in [1.82, 2.24) is 0 Å². The Kier molecular flexibility index (Phi) is 5.84. The van der Waals surface area contributed by atoms with Gasteiger partial charge in [-0.25, -0.2) is 0 Å². The van der Waals surface area contributed by atoms with E-state index in [0.717, 1.165) is 0 Å². The third-order valence-electron chi connectivity index (χ3n) is 2.84. The summed E-state index contributed by atoms with van der Waals surface area (Å²) >= 11 is 11.9. The number of benzene rings is 2. The van der Waals surface area contributed by atoms with E-state index < -0.39 is 11.9 Å². The molecule has 0 heterocycles. The van der Waals surface area contributed by atoms with Crippen molar-refractivity contribution >= 4 is 40.8 Å². The van der Waals surface area contributed by atoms with E-state index in [4.69, 9.17) is 33.0 Å². The normalized spacial score (nSPS) is 10.2. The molecule has 0 saturated heterocycles. The minimum absolute atomic E-state index is 0.120. The number of carboxylic acids is 1. The van der Waals surface area contributed by atoms with Crippen molar-refractivity contribution in [3.63, 3.8) is 0 Å². The Morgan fingerprint density at radius 3 is 2.48 bits per heavy atom. The van der Waals surface area contributed by atoms with E-state index in [9.17, 15) is 9.59 Å². The van der Waals surface area contributed by atoms with E-state index in [1.54, 1.807) is 42.5 Å². The van der Waals surface area contributed by atoms with Gasteiger partial charge < -0.3 is 15.2 Å². The zero-order valence-corrected chi connectivity index (χ0v) is 13.4. The van der Waals surface area contributed by atoms with Crippen molar-refractivity contribution in [2.45, 2.75) is 12.8 Å². The molecule has 0 aliphatic carbocycles. The molecule has 0 fully saturated rings. The summed E-state index contributed by atoms with van der Waals surface area (Å²) in [5, 5.41) is 12.0. The fraction of sp³-hybridized carbons (Fsp3) is 0.125. The summed E-state index contributed by atoms with van der Waals surface area (Å²) < 4.78 is 5.70. The maximum atomic E-state index is 11.8. The lowest BCUT2D eigenvalue weighted by atomic mass is 10.2. The summed E-state index contributed by atoms with van der Waals surface area (Å²) in [6, 6.07) is 11.6. The lowest BCUT2D eigenvalue weighted by Gasteiger charge is -2.13. The highest BCUT2D eigenvalue weighted by Gasteiger charge is 2.11. The number of hydrogen-bond acceptors (Lipinski definition) is 3. The van der Waals surface area contributed by atoms with Crippen molar-refractivity contribution < 1.29 is 19.4 Å². The van der Waals surface area contributed by atoms with Gasteiger partial charge in [-0.15, -0.1) is 0 Å². The summed E-state index contributed by atoms with van der Waals surface area (Å²) in [5.41, 5.74) is 0.425. The van der Waals surface area contributed by atoms with E-state index in [1.807, 2.05) is 0 Å². The van der Waals surface area contributed by atoms with Crippen molar-refractivity contribution in [2.75, 3.05) is 5.32 Å². The van der Waals surface area contributed by atoms with E-state index in [-0.39, 0.29) is 12.8 Å². The first-order chi connectivity index (χ1) is 11.0. The summed E-state index contributed by atoms with van der Waals surface area (Å²) in [6.45, 7) is 0. The molecule has 2 aromatic carbocycles. The molecule has 0 radical (unpaired) electrons. The zero-order chi connectivity index (χ0) is 16.8. The predicted molar refractivity (Wildman–Crippen MR) is 88.5 cm³/mol. The summed E-state index contributed by atoms with van der Waals surface area (Å²) in [7, 11) is 0. The molecule has 0 aliphatic rings. The van der Waals surface area contributed by atoms with Crippen LogP contribution in [0.15, 0.2) is 42.5 Å². The molecule has 0 unspecified atom stereocenters. The molecule has 7 heteroatoms. The van der Waals surface area contributed by atoms with Crippen LogP contribution in [-0.4, -0.2) is 17.0 Å².